The third-order valence-electron chi connectivity index (χ3n) is 8.80. The highest BCUT2D eigenvalue weighted by molar-refractivity contribution is 7.97. The third-order valence-corrected chi connectivity index (χ3v) is 11.0. The normalized spacial score (nSPS) is 11.4. The number of ether oxygens (including phenoxy) is 2. The molecule has 6 nitrogen and oxygen atoms in total. The Bertz CT molecular complexity index is 2100. The van der Waals surface area contributed by atoms with Gasteiger partial charge < -0.3 is 19.7 Å². The van der Waals surface area contributed by atoms with Crippen LogP contribution in [-0.4, -0.2) is 73.0 Å². The fourth-order valence-electron chi connectivity index (χ4n) is 6.07. The van der Waals surface area contributed by atoms with Crippen molar-refractivity contribution in [3.8, 4) is 0 Å². The second-order valence-electron chi connectivity index (χ2n) is 12.0. The lowest BCUT2D eigenvalue weighted by Gasteiger charge is -2.44. The van der Waals surface area contributed by atoms with Crippen molar-refractivity contribution in [2.24, 2.45) is 0 Å². The fraction of sp³-hybridized carbons (Fsp3) is 0.200. The standard InChI is InChI=1S/C24BF20.C11H19O6S/c26-5-1(6(27)14(35)21(42)13(5)34)25(2-7(28)15(36)22(43)16(37)8(2)29,3-9(30)17(38)23(44)18(39)10(3)31)4-11(32)19(40)24(45)20(41)12(4)33;1-16-10(14)9(11(15)17-2)3-6-18(7-4-12)8-5-13/h;3,12-13H,4-8H2,1-2H3/q-1;+1. The summed E-state index contributed by atoms with van der Waals surface area (Å²) in [7, 11) is 2.09. The highest BCUT2D eigenvalue weighted by Gasteiger charge is 2.52. The molecule has 2 N–H and O–H groups in total. The predicted molar refractivity (Wildman–Crippen MR) is 177 cm³/mol. The van der Waals surface area contributed by atoms with Crippen molar-refractivity contribution in [3.05, 3.63) is 128 Å². The van der Waals surface area contributed by atoms with E-state index in [1.807, 2.05) is 0 Å². The molecule has 0 atom stereocenters. The molecule has 4 aromatic rings. The predicted octanol–water partition coefficient (Wildman–Crippen LogP) is 4.71. The number of carbonyl (C=O) groups is 2. The zero-order valence-corrected chi connectivity index (χ0v) is 31.5. The lowest BCUT2D eigenvalue weighted by Crippen LogP contribution is -2.81. The van der Waals surface area contributed by atoms with E-state index in [4.69, 9.17) is 10.2 Å². The van der Waals surface area contributed by atoms with Gasteiger partial charge in [-0.25, -0.2) is 97.4 Å². The van der Waals surface area contributed by atoms with Gasteiger partial charge >= 0.3 is 11.9 Å². The summed E-state index contributed by atoms with van der Waals surface area (Å²) in [6, 6.07) is 0. The van der Waals surface area contributed by atoms with E-state index in [2.05, 4.69) is 9.47 Å². The molecule has 4 rings (SSSR count). The van der Waals surface area contributed by atoms with Gasteiger partial charge in [0.15, 0.2) is 69.8 Å². The average Bonchev–Trinajstić information content (AvgIpc) is 3.26. The summed E-state index contributed by atoms with van der Waals surface area (Å²) >= 11 is 0. The number of rotatable bonds is 12. The first-order valence-electron chi connectivity index (χ1n) is 16.3. The molecule has 0 aliphatic rings. The number of carbonyl (C=O) groups excluding carboxylic acids is 2. The molecule has 0 aliphatic heterocycles. The van der Waals surface area contributed by atoms with Gasteiger partial charge in [0.2, 0.25) is 0 Å². The van der Waals surface area contributed by atoms with Crippen molar-refractivity contribution in [1.29, 1.82) is 0 Å². The molecule has 0 fully saturated rings. The number of esters is 2. The molecule has 0 aliphatic carbocycles. The molecule has 344 valence electrons. The molecule has 63 heavy (non-hydrogen) atoms. The monoisotopic (exact) mass is 958 g/mol. The quantitative estimate of drug-likeness (QED) is 0.0247. The van der Waals surface area contributed by atoms with E-state index in [0.717, 1.165) is 0 Å². The molecule has 0 spiro atoms. The molecular formula is C35H19BF20O6S. The molecule has 28 heteroatoms. The number of benzene rings is 4. The largest absolute Gasteiger partial charge is 0.465 e. The molecule has 0 unspecified atom stereocenters. The van der Waals surface area contributed by atoms with Crippen LogP contribution in [0.2, 0.25) is 0 Å². The first kappa shape index (κ1) is 51.8. The van der Waals surface area contributed by atoms with Crippen LogP contribution in [0.5, 0.6) is 0 Å². The number of hydrogen-bond acceptors (Lipinski definition) is 6. The van der Waals surface area contributed by atoms with Crippen molar-refractivity contribution in [1.82, 2.24) is 0 Å². The van der Waals surface area contributed by atoms with Gasteiger partial charge in [0.05, 0.1) is 27.4 Å². The Morgan fingerprint density at radius 1 is 0.413 bits per heavy atom. The van der Waals surface area contributed by atoms with Crippen LogP contribution in [-0.2, 0) is 30.0 Å². The molecular weight excluding hydrogens is 939 g/mol. The van der Waals surface area contributed by atoms with Crippen LogP contribution in [0, 0.1) is 116 Å². The van der Waals surface area contributed by atoms with Gasteiger partial charge in [0.1, 0.15) is 75.5 Å². The summed E-state index contributed by atoms with van der Waals surface area (Å²) in [5.74, 6) is -71.4. The van der Waals surface area contributed by atoms with Gasteiger partial charge in [-0.15, -0.1) is 21.9 Å². The van der Waals surface area contributed by atoms with Crippen molar-refractivity contribution >= 4 is 50.8 Å². The molecule has 0 heterocycles. The number of hydrogen-bond donors (Lipinski definition) is 2. The third kappa shape index (κ3) is 8.87. The minimum atomic E-state index is -7.22. The summed E-state index contributed by atoms with van der Waals surface area (Å²) in [4.78, 5) is 22.7. The molecule has 0 bridgehead atoms. The molecule has 0 aromatic heterocycles. The Kier molecular flexibility index (Phi) is 16.7. The maximum absolute atomic E-state index is 15.4. The molecule has 4 aromatic carbocycles. The fourth-order valence-corrected chi connectivity index (χ4v) is 7.53. The van der Waals surface area contributed by atoms with Crippen molar-refractivity contribution < 1.29 is 117 Å². The van der Waals surface area contributed by atoms with E-state index in [9.17, 15) is 62.3 Å². The molecule has 0 radical (unpaired) electrons. The van der Waals surface area contributed by atoms with Crippen LogP contribution in [0.4, 0.5) is 87.8 Å². The number of aliphatic hydroxyl groups excluding tert-OH is 2. The second kappa shape index (κ2) is 20.3. The van der Waals surface area contributed by atoms with Crippen LogP contribution >= 0.6 is 0 Å². The first-order chi connectivity index (χ1) is 29.3. The van der Waals surface area contributed by atoms with Gasteiger partial charge in [0.25, 0.3) is 0 Å². The van der Waals surface area contributed by atoms with Crippen LogP contribution in [0.25, 0.3) is 0 Å². The van der Waals surface area contributed by atoms with E-state index in [-0.39, 0.29) is 29.7 Å². The summed E-state index contributed by atoms with van der Waals surface area (Å²) in [6.07, 6.45) is -5.78. The average molecular weight is 958 g/mol. The maximum atomic E-state index is 15.4. The van der Waals surface area contributed by atoms with Crippen molar-refractivity contribution in [2.75, 3.05) is 44.7 Å². The summed E-state index contributed by atoms with van der Waals surface area (Å²) in [6.45, 7) is 0.00542. The topological polar surface area (TPSA) is 93.1 Å². The van der Waals surface area contributed by atoms with Crippen molar-refractivity contribution in [3.63, 3.8) is 0 Å². The Labute approximate surface area is 340 Å². The van der Waals surface area contributed by atoms with E-state index in [0.29, 0.717) is 17.3 Å². The van der Waals surface area contributed by atoms with E-state index in [1.165, 1.54) is 20.3 Å². The Morgan fingerprint density at radius 2 is 0.603 bits per heavy atom. The van der Waals surface area contributed by atoms with E-state index in [1.54, 1.807) is 0 Å². The summed E-state index contributed by atoms with van der Waals surface area (Å²) < 4.78 is 303. The van der Waals surface area contributed by atoms with Crippen LogP contribution in [0.1, 0.15) is 0 Å². The first-order valence-corrected chi connectivity index (χ1v) is 18.0. The Hall–Kier alpha value is -5.51. The van der Waals surface area contributed by atoms with Crippen LogP contribution < -0.4 is 21.9 Å². The summed E-state index contributed by atoms with van der Waals surface area (Å²) in [5.41, 5.74) is -14.5. The Balaban J connectivity index is 0.000000495. The second-order valence-corrected chi connectivity index (χ2v) is 14.4. The molecule has 0 amide bonds. The lowest BCUT2D eigenvalue weighted by molar-refractivity contribution is -0.144. The minimum Gasteiger partial charge on any atom is -0.465 e. The lowest BCUT2D eigenvalue weighted by atomic mass is 9.12. The van der Waals surface area contributed by atoms with Crippen molar-refractivity contribution in [2.45, 2.75) is 0 Å². The highest BCUT2D eigenvalue weighted by Crippen LogP contribution is 2.30. The minimum absolute atomic E-state index is 0.00271. The van der Waals surface area contributed by atoms with Crippen LogP contribution in [0.15, 0.2) is 11.6 Å². The maximum Gasteiger partial charge on any atom is 0.345 e. The smallest absolute Gasteiger partial charge is 0.345 e. The highest BCUT2D eigenvalue weighted by atomic mass is 32.2. The SMILES string of the molecule is COC(=O)C(=CC[S+](CCO)CCO)C(=O)OC.Fc1c(F)c(F)c([B-](c2c(F)c(F)c(F)c(F)c2F)(c2c(F)c(F)c(F)c(F)c2F)c2c(F)c(F)c(F)c(F)c2F)c(F)c1F. The number of methoxy groups -OCH3 is 2. The van der Waals surface area contributed by atoms with E-state index < -0.39 is 156 Å². The van der Waals surface area contributed by atoms with Gasteiger partial charge in [-0.3, -0.25) is 0 Å². The van der Waals surface area contributed by atoms with Gasteiger partial charge in [-0.2, -0.15) is 0 Å². The zero-order chi connectivity index (χ0) is 48.3. The molecule has 0 saturated heterocycles. The number of halogens is 20. The van der Waals surface area contributed by atoms with Gasteiger partial charge in [0, 0.05) is 0 Å². The van der Waals surface area contributed by atoms with E-state index >= 15 is 35.1 Å². The van der Waals surface area contributed by atoms with Gasteiger partial charge in [-0.1, -0.05) is 0 Å². The van der Waals surface area contributed by atoms with Crippen LogP contribution in [0.3, 0.4) is 0 Å². The number of aliphatic hydroxyl groups is 2. The Morgan fingerprint density at radius 3 is 0.778 bits per heavy atom. The van der Waals surface area contributed by atoms with Gasteiger partial charge in [-0.05, 0) is 17.0 Å². The molecule has 0 saturated carbocycles. The zero-order valence-electron chi connectivity index (χ0n) is 30.7. The summed E-state index contributed by atoms with van der Waals surface area (Å²) in [5, 5.41) is 17.7.